The number of aromatic nitrogens is 3. The summed E-state index contributed by atoms with van der Waals surface area (Å²) in [7, 11) is 1.90. The number of imidazole rings is 1. The highest BCUT2D eigenvalue weighted by Gasteiger charge is 2.60. The lowest BCUT2D eigenvalue weighted by Crippen LogP contribution is -2.43. The fraction of sp³-hybridized carbons (Fsp3) is 0.200. The van der Waals surface area contributed by atoms with Gasteiger partial charge in [-0.25, -0.2) is 4.98 Å². The molecule has 2 amide bonds. The normalized spacial score (nSPS) is 21.8. The van der Waals surface area contributed by atoms with Crippen LogP contribution in [0.3, 0.4) is 0 Å². The molecule has 158 valence electrons. The van der Waals surface area contributed by atoms with Gasteiger partial charge < -0.3 is 14.8 Å². The molecule has 0 saturated carbocycles. The summed E-state index contributed by atoms with van der Waals surface area (Å²) in [5, 5.41) is 3.95. The Labute approximate surface area is 184 Å². The molecule has 0 radical (unpaired) electrons. The van der Waals surface area contributed by atoms with Gasteiger partial charge in [-0.3, -0.25) is 14.6 Å². The van der Waals surface area contributed by atoms with Crippen molar-refractivity contribution in [2.45, 2.75) is 17.9 Å². The van der Waals surface area contributed by atoms with E-state index in [-0.39, 0.29) is 11.8 Å². The summed E-state index contributed by atoms with van der Waals surface area (Å²) in [6.45, 7) is 0.446. The molecule has 0 bridgehead atoms. The number of anilines is 1. The Bertz CT molecular complexity index is 1390. The van der Waals surface area contributed by atoms with Crippen LogP contribution in [0.15, 0.2) is 73.2 Å². The molecule has 1 fully saturated rings. The lowest BCUT2D eigenvalue weighted by Gasteiger charge is -2.33. The van der Waals surface area contributed by atoms with Crippen molar-refractivity contribution in [3.8, 4) is 0 Å². The van der Waals surface area contributed by atoms with Crippen LogP contribution in [0, 0.1) is 0 Å². The van der Waals surface area contributed by atoms with Crippen molar-refractivity contribution in [1.82, 2.24) is 19.4 Å². The zero-order valence-corrected chi connectivity index (χ0v) is 17.5. The van der Waals surface area contributed by atoms with Crippen molar-refractivity contribution < 1.29 is 9.59 Å². The highest BCUT2D eigenvalue weighted by molar-refractivity contribution is 6.10. The molecule has 7 nitrogen and oxygen atoms in total. The van der Waals surface area contributed by atoms with E-state index in [9.17, 15) is 9.59 Å². The average Bonchev–Trinajstić information content (AvgIpc) is 3.49. The second-order valence-corrected chi connectivity index (χ2v) is 8.40. The number of carbonyl (C=O) groups excluding carboxylic acids is 2. The van der Waals surface area contributed by atoms with Crippen molar-refractivity contribution in [3.05, 3.63) is 90.1 Å². The SMILES string of the molecule is Cn1ccnc1[C@@H]1N(C(=O)c2cccc3cccnc23)CC[C@]12C(=O)Nc1ccccc12. The smallest absolute Gasteiger partial charge is 0.256 e. The molecule has 0 unspecified atom stereocenters. The minimum absolute atomic E-state index is 0.0851. The van der Waals surface area contributed by atoms with Crippen molar-refractivity contribution >= 4 is 28.4 Å². The second-order valence-electron chi connectivity index (χ2n) is 8.40. The van der Waals surface area contributed by atoms with Gasteiger partial charge in [0.1, 0.15) is 17.3 Å². The van der Waals surface area contributed by atoms with Gasteiger partial charge in [0.05, 0.1) is 11.1 Å². The third kappa shape index (κ3) is 2.42. The Kier molecular flexibility index (Phi) is 3.95. The van der Waals surface area contributed by atoms with E-state index in [2.05, 4.69) is 15.3 Å². The van der Waals surface area contributed by atoms with Gasteiger partial charge in [-0.05, 0) is 30.2 Å². The fourth-order valence-electron chi connectivity index (χ4n) is 5.34. The van der Waals surface area contributed by atoms with Crippen LogP contribution < -0.4 is 5.32 Å². The number of aryl methyl sites for hydroxylation is 1. The molecule has 6 rings (SSSR count). The summed E-state index contributed by atoms with van der Waals surface area (Å²) in [6, 6.07) is 16.6. The van der Waals surface area contributed by atoms with Crippen LogP contribution in [0.25, 0.3) is 10.9 Å². The van der Waals surface area contributed by atoms with Gasteiger partial charge in [-0.15, -0.1) is 0 Å². The first kappa shape index (κ1) is 18.7. The first-order valence-corrected chi connectivity index (χ1v) is 10.6. The summed E-state index contributed by atoms with van der Waals surface area (Å²) < 4.78 is 1.90. The number of amides is 2. The van der Waals surface area contributed by atoms with E-state index < -0.39 is 11.5 Å². The van der Waals surface area contributed by atoms with Crippen LogP contribution in [0.5, 0.6) is 0 Å². The van der Waals surface area contributed by atoms with Crippen LogP contribution in [0.4, 0.5) is 5.69 Å². The Hall–Kier alpha value is -4.00. The molecule has 2 atom stereocenters. The van der Waals surface area contributed by atoms with Crippen LogP contribution in [-0.2, 0) is 17.3 Å². The van der Waals surface area contributed by atoms with Crippen molar-refractivity contribution in [3.63, 3.8) is 0 Å². The third-order valence-corrected chi connectivity index (χ3v) is 6.81. The Morgan fingerprint density at radius 2 is 1.91 bits per heavy atom. The fourth-order valence-corrected chi connectivity index (χ4v) is 5.34. The maximum absolute atomic E-state index is 14.0. The molecule has 7 heteroatoms. The summed E-state index contributed by atoms with van der Waals surface area (Å²) in [5.74, 6) is 0.463. The Balaban J connectivity index is 1.54. The molecule has 2 aromatic carbocycles. The van der Waals surface area contributed by atoms with E-state index in [1.165, 1.54) is 0 Å². The molecular weight excluding hydrogens is 402 g/mol. The highest BCUT2D eigenvalue weighted by atomic mass is 16.2. The predicted molar refractivity (Wildman–Crippen MR) is 120 cm³/mol. The van der Waals surface area contributed by atoms with Crippen molar-refractivity contribution in [1.29, 1.82) is 0 Å². The van der Waals surface area contributed by atoms with Crippen molar-refractivity contribution in [2.24, 2.45) is 7.05 Å². The van der Waals surface area contributed by atoms with Crippen LogP contribution in [0.1, 0.15) is 34.2 Å². The standard InChI is InChI=1S/C25H21N5O2/c1-29-15-13-27-22(29)21-25(18-9-2-3-10-19(18)28-24(25)32)11-14-30(21)23(31)17-8-4-6-16-7-5-12-26-20(16)17/h2-10,12-13,15,21H,11,14H2,1H3,(H,28,32)/t21-,25+/m0/s1. The zero-order valence-electron chi connectivity index (χ0n) is 17.5. The predicted octanol–water partition coefficient (Wildman–Crippen LogP) is 3.45. The van der Waals surface area contributed by atoms with Gasteiger partial charge in [-0.2, -0.15) is 0 Å². The Morgan fingerprint density at radius 3 is 2.75 bits per heavy atom. The van der Waals surface area contributed by atoms with E-state index in [1.54, 1.807) is 23.4 Å². The molecule has 1 spiro atoms. The Morgan fingerprint density at radius 1 is 1.06 bits per heavy atom. The van der Waals surface area contributed by atoms with Gasteiger partial charge >= 0.3 is 0 Å². The van der Waals surface area contributed by atoms with Gasteiger partial charge in [0.2, 0.25) is 5.91 Å². The van der Waals surface area contributed by atoms with Gasteiger partial charge in [0.25, 0.3) is 5.91 Å². The largest absolute Gasteiger partial charge is 0.336 e. The number of nitrogens with zero attached hydrogens (tertiary/aromatic N) is 4. The van der Waals surface area contributed by atoms with E-state index in [0.29, 0.717) is 29.9 Å². The van der Waals surface area contributed by atoms with Crippen LogP contribution in [0.2, 0.25) is 0 Å². The van der Waals surface area contributed by atoms with Gasteiger partial charge in [0.15, 0.2) is 0 Å². The molecule has 4 heterocycles. The van der Waals surface area contributed by atoms with E-state index in [4.69, 9.17) is 0 Å². The number of nitrogens with one attached hydrogen (secondary N) is 1. The number of hydrogen-bond donors (Lipinski definition) is 1. The van der Waals surface area contributed by atoms with E-state index >= 15 is 0 Å². The molecule has 4 aromatic rings. The summed E-state index contributed by atoms with van der Waals surface area (Å²) in [6.07, 6.45) is 5.78. The number of carbonyl (C=O) groups is 2. The maximum atomic E-state index is 14.0. The molecule has 2 aliphatic heterocycles. The molecule has 1 N–H and O–H groups in total. The minimum Gasteiger partial charge on any atom is -0.336 e. The number of benzene rings is 2. The van der Waals surface area contributed by atoms with Gasteiger partial charge in [0, 0.05) is 43.3 Å². The minimum atomic E-state index is -0.886. The van der Waals surface area contributed by atoms with Crippen LogP contribution in [-0.4, -0.2) is 37.8 Å². The number of rotatable bonds is 2. The average molecular weight is 423 g/mol. The molecule has 2 aromatic heterocycles. The lowest BCUT2D eigenvalue weighted by atomic mass is 9.74. The summed E-state index contributed by atoms with van der Waals surface area (Å²) >= 11 is 0. The molecule has 2 aliphatic rings. The van der Waals surface area contributed by atoms with Gasteiger partial charge in [-0.1, -0.05) is 36.4 Å². The second kappa shape index (κ2) is 6.75. The summed E-state index contributed by atoms with van der Waals surface area (Å²) in [4.78, 5) is 38.3. The van der Waals surface area contributed by atoms with Crippen molar-refractivity contribution in [2.75, 3.05) is 11.9 Å². The molecular formula is C25H21N5O2. The number of likely N-dealkylation sites (tertiary alicyclic amines) is 1. The van der Waals surface area contributed by atoms with Crippen LogP contribution >= 0.6 is 0 Å². The first-order valence-electron chi connectivity index (χ1n) is 10.6. The summed E-state index contributed by atoms with van der Waals surface area (Å²) in [5.41, 5.74) is 2.03. The maximum Gasteiger partial charge on any atom is 0.256 e. The topological polar surface area (TPSA) is 80.1 Å². The quantitative estimate of drug-likeness (QED) is 0.536. The molecule has 32 heavy (non-hydrogen) atoms. The monoisotopic (exact) mass is 423 g/mol. The first-order chi connectivity index (χ1) is 15.6. The van der Waals surface area contributed by atoms with E-state index in [0.717, 1.165) is 16.6 Å². The lowest BCUT2D eigenvalue weighted by molar-refractivity contribution is -0.121. The zero-order chi connectivity index (χ0) is 21.9. The molecule has 0 aliphatic carbocycles. The highest BCUT2D eigenvalue weighted by Crippen LogP contribution is 2.54. The number of hydrogen-bond acceptors (Lipinski definition) is 4. The number of para-hydroxylation sites is 2. The number of pyridine rings is 1. The van der Waals surface area contributed by atoms with E-state index in [1.807, 2.05) is 66.3 Å². The number of fused-ring (bicyclic) bond motifs is 3. The third-order valence-electron chi connectivity index (χ3n) is 6.81. The molecule has 1 saturated heterocycles.